The normalized spacial score (nSPS) is 21.9. The molecule has 1 aliphatic heterocycles. The number of hydrogen-bond acceptors (Lipinski definition) is 4. The lowest BCUT2D eigenvalue weighted by atomic mass is 10.2. The number of nitrogen functional groups attached to an aromatic ring is 1. The van der Waals surface area contributed by atoms with Gasteiger partial charge < -0.3 is 15.6 Å². The van der Waals surface area contributed by atoms with Crippen molar-refractivity contribution in [1.29, 1.82) is 0 Å². The molecule has 3 N–H and O–H groups in total. The van der Waals surface area contributed by atoms with Gasteiger partial charge >= 0.3 is 0 Å². The Labute approximate surface area is 106 Å². The van der Waals surface area contributed by atoms with Crippen LogP contribution in [0, 0.1) is 0 Å². The molecule has 1 aromatic heterocycles. The van der Waals surface area contributed by atoms with Crippen molar-refractivity contribution in [2.75, 3.05) is 18.0 Å². The van der Waals surface area contributed by atoms with Gasteiger partial charge in [0.1, 0.15) is 5.69 Å². The lowest BCUT2D eigenvalue weighted by molar-refractivity contribution is 0.0945. The van der Waals surface area contributed by atoms with Crippen molar-refractivity contribution in [1.82, 2.24) is 9.88 Å². The number of aromatic nitrogens is 1. The van der Waals surface area contributed by atoms with Gasteiger partial charge in [0.15, 0.2) is 9.84 Å². The second-order valence-corrected chi connectivity index (χ2v) is 7.01. The number of amides is 1. The molecule has 1 amide bonds. The van der Waals surface area contributed by atoms with Gasteiger partial charge in [0, 0.05) is 19.8 Å². The zero-order valence-corrected chi connectivity index (χ0v) is 11.0. The Bertz CT molecular complexity index is 562. The summed E-state index contributed by atoms with van der Waals surface area (Å²) in [6.07, 6.45) is 2.94. The van der Waals surface area contributed by atoms with Crippen LogP contribution in [-0.2, 0) is 16.9 Å². The number of carbonyl (C=O) groups is 1. The third-order valence-electron chi connectivity index (χ3n) is 3.21. The van der Waals surface area contributed by atoms with E-state index in [9.17, 15) is 13.2 Å². The lowest BCUT2D eigenvalue weighted by Crippen LogP contribution is -2.35. The molecule has 0 aromatic carbocycles. The molecule has 1 aliphatic rings. The molecule has 1 fully saturated rings. The first-order chi connectivity index (χ1) is 8.40. The minimum atomic E-state index is -3.02. The van der Waals surface area contributed by atoms with Crippen LogP contribution in [0.4, 0.5) is 5.69 Å². The van der Waals surface area contributed by atoms with E-state index in [1.54, 1.807) is 23.9 Å². The highest BCUT2D eigenvalue weighted by Crippen LogP contribution is 2.19. The highest BCUT2D eigenvalue weighted by atomic mass is 32.2. The molecule has 2 heterocycles. The van der Waals surface area contributed by atoms with Crippen molar-refractivity contribution in [2.45, 2.75) is 18.1 Å². The second kappa shape index (κ2) is 4.64. The monoisotopic (exact) mass is 271 g/mol. The number of anilines is 1. The van der Waals surface area contributed by atoms with E-state index >= 15 is 0 Å². The van der Waals surface area contributed by atoms with Gasteiger partial charge in [-0.05, 0) is 18.9 Å². The van der Waals surface area contributed by atoms with E-state index < -0.39 is 15.1 Å². The van der Waals surface area contributed by atoms with Gasteiger partial charge in [-0.1, -0.05) is 0 Å². The smallest absolute Gasteiger partial charge is 0.268 e. The summed E-state index contributed by atoms with van der Waals surface area (Å²) in [5.74, 6) is -0.0683. The molecular weight excluding hydrogens is 254 g/mol. The number of rotatable bonds is 3. The standard InChI is InChI=1S/C11H17N3O3S/c1-14-7-8(12)5-10(14)11(15)13-6-9-3-2-4-18(9,16)17/h5,7,9H,2-4,6,12H2,1H3,(H,13,15). The summed E-state index contributed by atoms with van der Waals surface area (Å²) in [4.78, 5) is 11.9. The van der Waals surface area contributed by atoms with E-state index in [-0.39, 0.29) is 18.2 Å². The van der Waals surface area contributed by atoms with E-state index in [4.69, 9.17) is 5.73 Å². The maximum atomic E-state index is 11.9. The van der Waals surface area contributed by atoms with Gasteiger partial charge in [-0.15, -0.1) is 0 Å². The van der Waals surface area contributed by atoms with Gasteiger partial charge in [-0.2, -0.15) is 0 Å². The number of nitrogens with zero attached hydrogens (tertiary/aromatic N) is 1. The van der Waals surface area contributed by atoms with E-state index in [0.29, 0.717) is 24.2 Å². The van der Waals surface area contributed by atoms with E-state index in [0.717, 1.165) is 0 Å². The molecule has 1 unspecified atom stereocenters. The molecule has 0 spiro atoms. The Morgan fingerprint density at radius 1 is 1.61 bits per heavy atom. The molecule has 18 heavy (non-hydrogen) atoms. The zero-order valence-electron chi connectivity index (χ0n) is 10.2. The summed E-state index contributed by atoms with van der Waals surface area (Å²) >= 11 is 0. The molecule has 0 aliphatic carbocycles. The number of carbonyl (C=O) groups excluding carboxylic acids is 1. The molecule has 1 atom stereocenters. The number of hydrogen-bond donors (Lipinski definition) is 2. The Kier molecular flexibility index (Phi) is 3.34. The van der Waals surface area contributed by atoms with Crippen molar-refractivity contribution in [3.05, 3.63) is 18.0 Å². The third-order valence-corrected chi connectivity index (χ3v) is 5.49. The van der Waals surface area contributed by atoms with Crippen LogP contribution in [0.1, 0.15) is 23.3 Å². The predicted octanol–water partition coefficient (Wildman–Crippen LogP) is -0.0857. The first kappa shape index (κ1) is 12.9. The average molecular weight is 271 g/mol. The minimum absolute atomic E-state index is 0.173. The van der Waals surface area contributed by atoms with Crippen molar-refractivity contribution in [3.63, 3.8) is 0 Å². The molecule has 0 bridgehead atoms. The van der Waals surface area contributed by atoms with Gasteiger partial charge in [0.25, 0.3) is 5.91 Å². The minimum Gasteiger partial charge on any atom is -0.397 e. The molecule has 0 saturated carbocycles. The molecule has 100 valence electrons. The summed E-state index contributed by atoms with van der Waals surface area (Å²) in [5.41, 5.74) is 6.53. The summed E-state index contributed by atoms with van der Waals surface area (Å²) in [6, 6.07) is 1.57. The highest BCUT2D eigenvalue weighted by molar-refractivity contribution is 7.92. The van der Waals surface area contributed by atoms with Crippen LogP contribution in [0.25, 0.3) is 0 Å². The maximum Gasteiger partial charge on any atom is 0.268 e. The van der Waals surface area contributed by atoms with Crippen LogP contribution in [-0.4, -0.2) is 36.4 Å². The van der Waals surface area contributed by atoms with Crippen molar-refractivity contribution in [2.24, 2.45) is 7.05 Å². The molecular formula is C11H17N3O3S. The Morgan fingerprint density at radius 3 is 2.83 bits per heavy atom. The van der Waals surface area contributed by atoms with Crippen molar-refractivity contribution >= 4 is 21.4 Å². The van der Waals surface area contributed by atoms with Crippen molar-refractivity contribution < 1.29 is 13.2 Å². The zero-order chi connectivity index (χ0) is 13.3. The molecule has 7 heteroatoms. The fraction of sp³-hybridized carbons (Fsp3) is 0.545. The SMILES string of the molecule is Cn1cc(N)cc1C(=O)NCC1CCCS1(=O)=O. The van der Waals surface area contributed by atoms with Crippen LogP contribution in [0.15, 0.2) is 12.3 Å². The van der Waals surface area contributed by atoms with Gasteiger partial charge in [0.05, 0.1) is 16.7 Å². The molecule has 1 aromatic rings. The fourth-order valence-corrected chi connectivity index (χ4v) is 3.97. The van der Waals surface area contributed by atoms with Crippen molar-refractivity contribution in [3.8, 4) is 0 Å². The van der Waals surface area contributed by atoms with Gasteiger partial charge in [-0.25, -0.2) is 8.42 Å². The molecule has 2 rings (SSSR count). The summed E-state index contributed by atoms with van der Waals surface area (Å²) in [5, 5.41) is 2.21. The van der Waals surface area contributed by atoms with E-state index in [1.807, 2.05) is 0 Å². The molecule has 6 nitrogen and oxygen atoms in total. The van der Waals surface area contributed by atoms with Crippen LogP contribution in [0.5, 0.6) is 0 Å². The second-order valence-electron chi connectivity index (χ2n) is 4.61. The number of sulfone groups is 1. The lowest BCUT2D eigenvalue weighted by Gasteiger charge is -2.11. The van der Waals surface area contributed by atoms with Crippen LogP contribution >= 0.6 is 0 Å². The van der Waals surface area contributed by atoms with Crippen LogP contribution in [0.2, 0.25) is 0 Å². The predicted molar refractivity (Wildman–Crippen MR) is 69.0 cm³/mol. The van der Waals surface area contributed by atoms with Gasteiger partial charge in [0.2, 0.25) is 0 Å². The summed E-state index contributed by atoms with van der Waals surface area (Å²) < 4.78 is 24.8. The Morgan fingerprint density at radius 2 is 2.33 bits per heavy atom. The summed E-state index contributed by atoms with van der Waals surface area (Å²) in [6.45, 7) is 0.173. The average Bonchev–Trinajstić information content (AvgIpc) is 2.78. The highest BCUT2D eigenvalue weighted by Gasteiger charge is 2.31. The summed E-state index contributed by atoms with van der Waals surface area (Å²) in [7, 11) is -1.30. The third kappa shape index (κ3) is 2.50. The Balaban J connectivity index is 1.99. The maximum absolute atomic E-state index is 11.9. The molecule has 0 radical (unpaired) electrons. The first-order valence-corrected chi connectivity index (χ1v) is 7.53. The number of nitrogens with two attached hydrogens (primary N) is 1. The fourth-order valence-electron chi connectivity index (χ4n) is 2.20. The van der Waals surface area contributed by atoms with Gasteiger partial charge in [-0.3, -0.25) is 4.79 Å². The van der Waals surface area contributed by atoms with Crippen LogP contribution in [0.3, 0.4) is 0 Å². The molecule has 1 saturated heterocycles. The largest absolute Gasteiger partial charge is 0.397 e. The van der Waals surface area contributed by atoms with E-state index in [2.05, 4.69) is 5.32 Å². The number of nitrogens with one attached hydrogen (secondary N) is 1. The first-order valence-electron chi connectivity index (χ1n) is 5.82. The number of aryl methyl sites for hydroxylation is 1. The Hall–Kier alpha value is -1.50. The topological polar surface area (TPSA) is 94.2 Å². The van der Waals surface area contributed by atoms with Crippen LogP contribution < -0.4 is 11.1 Å². The van der Waals surface area contributed by atoms with E-state index in [1.165, 1.54) is 0 Å². The quantitative estimate of drug-likeness (QED) is 0.803.